The van der Waals surface area contributed by atoms with Crippen LogP contribution in [0.5, 0.6) is 0 Å². The van der Waals surface area contributed by atoms with Gasteiger partial charge in [0.2, 0.25) is 5.89 Å². The van der Waals surface area contributed by atoms with Crippen LogP contribution in [0.3, 0.4) is 0 Å². The maximum atomic E-state index is 6.29. The summed E-state index contributed by atoms with van der Waals surface area (Å²) in [5, 5.41) is 8.96. The van der Waals surface area contributed by atoms with Crippen LogP contribution in [0.1, 0.15) is 74.1 Å². The highest BCUT2D eigenvalue weighted by atomic mass is 32.1. The Morgan fingerprint density at radius 1 is 1.00 bits per heavy atom. The maximum Gasteiger partial charge on any atom is 0.268 e. The smallest absolute Gasteiger partial charge is 0.268 e. The summed E-state index contributed by atoms with van der Waals surface area (Å²) >= 11 is 4.49. The van der Waals surface area contributed by atoms with Gasteiger partial charge in [0, 0.05) is 22.1 Å². The molecule has 2 aromatic heterocycles. The molecule has 1 fully saturated rings. The van der Waals surface area contributed by atoms with Crippen molar-refractivity contribution >= 4 is 12.6 Å². The summed E-state index contributed by atoms with van der Waals surface area (Å²) in [7, 11) is 0. The monoisotopic (exact) mass is 472 g/mol. The summed E-state index contributed by atoms with van der Waals surface area (Å²) < 4.78 is 8.55. The van der Waals surface area contributed by atoms with Crippen molar-refractivity contribution in [3.63, 3.8) is 0 Å². The van der Waals surface area contributed by atoms with E-state index in [1.807, 2.05) is 12.1 Å². The number of thiol groups is 1. The van der Waals surface area contributed by atoms with Crippen LogP contribution in [0.25, 0.3) is 28.7 Å². The Hall–Kier alpha value is -2.86. The number of rotatable bonds is 6. The predicted molar refractivity (Wildman–Crippen MR) is 139 cm³/mol. The molecule has 176 valence electrons. The molecule has 0 spiro atoms. The molecule has 0 radical (unpaired) electrons. The lowest BCUT2D eigenvalue weighted by Crippen LogP contribution is -2.04. The van der Waals surface area contributed by atoms with Crippen LogP contribution in [0.15, 0.2) is 51.8 Å². The quantitative estimate of drug-likeness (QED) is 0.295. The van der Waals surface area contributed by atoms with Crippen molar-refractivity contribution in [3.8, 4) is 28.7 Å². The Kier molecular flexibility index (Phi) is 6.59. The van der Waals surface area contributed by atoms with E-state index in [2.05, 4.69) is 78.5 Å². The first-order chi connectivity index (χ1) is 16.5. The predicted octanol–water partition coefficient (Wildman–Crippen LogP) is 7.50. The minimum absolute atomic E-state index is 0.369. The van der Waals surface area contributed by atoms with Crippen LogP contribution in [0, 0.1) is 13.8 Å². The topological polar surface area (TPSA) is 56.7 Å². The van der Waals surface area contributed by atoms with E-state index in [-0.39, 0.29) is 0 Å². The number of nitrogens with zero attached hydrogens (tertiary/aromatic N) is 4. The Labute approximate surface area is 207 Å². The average Bonchev–Trinajstić information content (AvgIpc) is 3.46. The van der Waals surface area contributed by atoms with Gasteiger partial charge in [0.1, 0.15) is 11.5 Å². The fraction of sp³-hybridized carbons (Fsp3) is 0.393. The van der Waals surface area contributed by atoms with E-state index in [0.29, 0.717) is 11.8 Å². The van der Waals surface area contributed by atoms with Crippen LogP contribution in [-0.4, -0.2) is 19.7 Å². The third-order valence-corrected chi connectivity index (χ3v) is 7.09. The van der Waals surface area contributed by atoms with Crippen LogP contribution < -0.4 is 0 Å². The Morgan fingerprint density at radius 2 is 1.76 bits per heavy atom. The van der Waals surface area contributed by atoms with Crippen LogP contribution in [0.4, 0.5) is 0 Å². The minimum Gasteiger partial charge on any atom is -0.419 e. The molecule has 0 atom stereocenters. The molecule has 34 heavy (non-hydrogen) atoms. The first kappa shape index (κ1) is 22.9. The van der Waals surface area contributed by atoms with Crippen LogP contribution >= 0.6 is 12.6 Å². The number of hydrogen-bond acceptors (Lipinski definition) is 5. The van der Waals surface area contributed by atoms with Gasteiger partial charge in [0.15, 0.2) is 0 Å². The zero-order valence-electron chi connectivity index (χ0n) is 20.2. The normalized spacial score (nSPS) is 14.6. The average molecular weight is 473 g/mol. The van der Waals surface area contributed by atoms with Crippen LogP contribution in [0.2, 0.25) is 0 Å². The summed E-state index contributed by atoms with van der Waals surface area (Å²) in [6.07, 6.45) is 7.86. The summed E-state index contributed by atoms with van der Waals surface area (Å²) in [4.78, 5) is 6.10. The highest BCUT2D eigenvalue weighted by Crippen LogP contribution is 2.37. The van der Waals surface area contributed by atoms with Crippen molar-refractivity contribution in [1.29, 1.82) is 0 Å². The second kappa shape index (κ2) is 9.79. The van der Waals surface area contributed by atoms with E-state index in [0.717, 1.165) is 64.9 Å². The van der Waals surface area contributed by atoms with Gasteiger partial charge in [-0.15, -0.1) is 22.8 Å². The molecule has 0 amide bonds. The summed E-state index contributed by atoms with van der Waals surface area (Å²) in [5.41, 5.74) is 6.49. The minimum atomic E-state index is 0.369. The van der Waals surface area contributed by atoms with E-state index in [1.165, 1.54) is 30.4 Å². The van der Waals surface area contributed by atoms with Crippen molar-refractivity contribution in [2.24, 2.45) is 0 Å². The number of aryl methyl sites for hydroxylation is 2. The SMILES string of the molecule is CCCc1c(-c2nnc(C3CCCCC3)o2)nc(-c2ccc(C)cc2C)n1-c1ccc(S)cc1. The van der Waals surface area contributed by atoms with Gasteiger partial charge >= 0.3 is 0 Å². The zero-order valence-corrected chi connectivity index (χ0v) is 21.1. The lowest BCUT2D eigenvalue weighted by atomic mass is 9.89. The molecule has 2 aromatic carbocycles. The largest absolute Gasteiger partial charge is 0.419 e. The standard InChI is InChI=1S/C28H32N4OS/c1-4-8-24-25(28-31-30-27(33-28)20-9-6-5-7-10-20)29-26(23-16-11-18(2)17-19(23)3)32(24)21-12-14-22(34)15-13-21/h11-17,20,34H,4-10H2,1-3H3. The lowest BCUT2D eigenvalue weighted by Gasteiger charge is -2.17. The number of aromatic nitrogens is 4. The summed E-state index contributed by atoms with van der Waals surface area (Å²) in [6, 6.07) is 14.8. The Morgan fingerprint density at radius 3 is 2.47 bits per heavy atom. The first-order valence-electron chi connectivity index (χ1n) is 12.4. The van der Waals surface area contributed by atoms with Crippen LogP contribution in [-0.2, 0) is 6.42 Å². The second-order valence-corrected chi connectivity index (χ2v) is 9.95. The van der Waals surface area contributed by atoms with Gasteiger partial charge in [-0.3, -0.25) is 4.57 Å². The van der Waals surface area contributed by atoms with Crippen molar-refractivity contribution in [3.05, 3.63) is 65.2 Å². The van der Waals surface area contributed by atoms with Gasteiger partial charge in [-0.1, -0.05) is 56.4 Å². The first-order valence-corrected chi connectivity index (χ1v) is 12.8. The molecule has 0 N–H and O–H groups in total. The summed E-state index contributed by atoms with van der Waals surface area (Å²) in [6.45, 7) is 6.45. The third kappa shape index (κ3) is 4.43. The molecule has 6 heteroatoms. The Bertz CT molecular complexity index is 1280. The van der Waals surface area contributed by atoms with Crippen molar-refractivity contribution in [1.82, 2.24) is 19.7 Å². The molecule has 0 aliphatic heterocycles. The molecule has 1 aliphatic rings. The molecule has 0 saturated heterocycles. The highest BCUT2D eigenvalue weighted by Gasteiger charge is 2.27. The fourth-order valence-corrected chi connectivity index (χ4v) is 5.21. The van der Waals surface area contributed by atoms with Crippen molar-refractivity contribution in [2.75, 3.05) is 0 Å². The van der Waals surface area contributed by atoms with Gasteiger partial charge in [0.05, 0.1) is 5.69 Å². The molecular weight excluding hydrogens is 440 g/mol. The number of imidazole rings is 1. The molecule has 1 saturated carbocycles. The number of hydrogen-bond donors (Lipinski definition) is 1. The molecule has 5 rings (SSSR count). The van der Waals surface area contributed by atoms with E-state index in [9.17, 15) is 0 Å². The van der Waals surface area contributed by atoms with Crippen molar-refractivity contribution in [2.45, 2.75) is 76.5 Å². The molecule has 0 bridgehead atoms. The van der Waals surface area contributed by atoms with E-state index < -0.39 is 0 Å². The second-order valence-electron chi connectivity index (χ2n) is 9.43. The van der Waals surface area contributed by atoms with Gasteiger partial charge in [-0.05, 0) is 62.9 Å². The molecule has 4 aromatic rings. The fourth-order valence-electron chi connectivity index (χ4n) is 5.06. The highest BCUT2D eigenvalue weighted by molar-refractivity contribution is 7.80. The van der Waals surface area contributed by atoms with Gasteiger partial charge in [-0.25, -0.2) is 4.98 Å². The van der Waals surface area contributed by atoms with E-state index in [4.69, 9.17) is 9.40 Å². The molecule has 0 unspecified atom stereocenters. The molecular formula is C28H32N4OS. The van der Waals surface area contributed by atoms with E-state index >= 15 is 0 Å². The van der Waals surface area contributed by atoms with Crippen molar-refractivity contribution < 1.29 is 4.42 Å². The Balaban J connectivity index is 1.69. The van der Waals surface area contributed by atoms with Gasteiger partial charge in [-0.2, -0.15) is 0 Å². The summed E-state index contributed by atoms with van der Waals surface area (Å²) in [5.74, 6) is 2.56. The molecule has 2 heterocycles. The molecule has 5 nitrogen and oxygen atoms in total. The zero-order chi connectivity index (χ0) is 23.7. The third-order valence-electron chi connectivity index (χ3n) is 6.79. The van der Waals surface area contributed by atoms with Gasteiger partial charge < -0.3 is 4.42 Å². The number of benzene rings is 2. The van der Waals surface area contributed by atoms with E-state index in [1.54, 1.807) is 0 Å². The van der Waals surface area contributed by atoms with Gasteiger partial charge in [0.25, 0.3) is 5.89 Å². The maximum absolute atomic E-state index is 6.29. The lowest BCUT2D eigenvalue weighted by molar-refractivity contribution is 0.367. The molecule has 1 aliphatic carbocycles.